The second kappa shape index (κ2) is 4.75. The number of rotatable bonds is 4. The number of aromatic nitrogens is 1. The third-order valence-electron chi connectivity index (χ3n) is 1.72. The van der Waals surface area contributed by atoms with Crippen molar-refractivity contribution in [2.75, 3.05) is 11.9 Å². The van der Waals surface area contributed by atoms with Gasteiger partial charge in [0.25, 0.3) is 0 Å². The standard InChI is InChI=1S/C10H16N2/c1-3-4-8-11-10-7-5-6-9(2)12-10/h5-7H,3-4,8H2,1-2H3,(H,11,12). The summed E-state index contributed by atoms with van der Waals surface area (Å²) >= 11 is 0. The van der Waals surface area contributed by atoms with Crippen LogP contribution in [-0.4, -0.2) is 11.5 Å². The van der Waals surface area contributed by atoms with E-state index in [1.165, 1.54) is 12.8 Å². The van der Waals surface area contributed by atoms with E-state index in [1.807, 2.05) is 25.1 Å². The fourth-order valence-electron chi connectivity index (χ4n) is 1.03. The average Bonchev–Trinajstić information content (AvgIpc) is 2.05. The van der Waals surface area contributed by atoms with Crippen molar-refractivity contribution in [3.8, 4) is 0 Å². The minimum atomic E-state index is 0.989. The Hall–Kier alpha value is -1.05. The number of nitrogens with zero attached hydrogens (tertiary/aromatic N) is 1. The molecule has 0 spiro atoms. The van der Waals surface area contributed by atoms with E-state index in [0.29, 0.717) is 0 Å². The molecule has 0 fully saturated rings. The molecule has 0 bridgehead atoms. The van der Waals surface area contributed by atoms with Crippen molar-refractivity contribution >= 4 is 5.82 Å². The van der Waals surface area contributed by atoms with Crippen LogP contribution in [0.4, 0.5) is 5.82 Å². The Kier molecular flexibility index (Phi) is 3.58. The number of anilines is 1. The molecule has 1 heterocycles. The molecule has 2 nitrogen and oxygen atoms in total. The third kappa shape index (κ3) is 2.91. The van der Waals surface area contributed by atoms with Gasteiger partial charge >= 0.3 is 0 Å². The molecule has 1 aromatic heterocycles. The summed E-state index contributed by atoms with van der Waals surface area (Å²) in [4.78, 5) is 4.33. The van der Waals surface area contributed by atoms with Crippen LogP contribution in [0.5, 0.6) is 0 Å². The van der Waals surface area contributed by atoms with E-state index in [9.17, 15) is 0 Å². The van der Waals surface area contributed by atoms with Gasteiger partial charge in [0.2, 0.25) is 0 Å². The lowest BCUT2D eigenvalue weighted by atomic mass is 10.3. The molecule has 1 rings (SSSR count). The largest absolute Gasteiger partial charge is 0.370 e. The van der Waals surface area contributed by atoms with Crippen LogP contribution in [0.3, 0.4) is 0 Å². The SMILES string of the molecule is CCCCNc1cccc(C)n1. The maximum absolute atomic E-state index is 4.33. The molecule has 1 N–H and O–H groups in total. The van der Waals surface area contributed by atoms with E-state index in [-0.39, 0.29) is 0 Å². The van der Waals surface area contributed by atoms with Gasteiger partial charge in [0.1, 0.15) is 5.82 Å². The van der Waals surface area contributed by atoms with Crippen molar-refractivity contribution in [3.05, 3.63) is 23.9 Å². The van der Waals surface area contributed by atoms with Crippen molar-refractivity contribution in [1.82, 2.24) is 4.98 Å². The van der Waals surface area contributed by atoms with Crippen LogP contribution in [0.15, 0.2) is 18.2 Å². The number of pyridine rings is 1. The van der Waals surface area contributed by atoms with Crippen LogP contribution in [0.2, 0.25) is 0 Å². The fourth-order valence-corrected chi connectivity index (χ4v) is 1.03. The van der Waals surface area contributed by atoms with Gasteiger partial charge in [-0.2, -0.15) is 0 Å². The lowest BCUT2D eigenvalue weighted by molar-refractivity contribution is 0.830. The first-order valence-electron chi connectivity index (χ1n) is 4.50. The molecular formula is C10H16N2. The van der Waals surface area contributed by atoms with Crippen LogP contribution in [-0.2, 0) is 0 Å². The highest BCUT2D eigenvalue weighted by Gasteiger charge is 1.91. The predicted octanol–water partition coefficient (Wildman–Crippen LogP) is 2.60. The number of unbranched alkanes of at least 4 members (excludes halogenated alkanes) is 1. The highest BCUT2D eigenvalue weighted by atomic mass is 15.0. The summed E-state index contributed by atoms with van der Waals surface area (Å²) in [6, 6.07) is 6.03. The van der Waals surface area contributed by atoms with Crippen molar-refractivity contribution in [3.63, 3.8) is 0 Å². The van der Waals surface area contributed by atoms with E-state index >= 15 is 0 Å². The lowest BCUT2D eigenvalue weighted by Gasteiger charge is -2.04. The summed E-state index contributed by atoms with van der Waals surface area (Å²) in [5, 5.41) is 3.28. The summed E-state index contributed by atoms with van der Waals surface area (Å²) < 4.78 is 0. The second-order valence-corrected chi connectivity index (χ2v) is 2.94. The van der Waals surface area contributed by atoms with Gasteiger partial charge in [0.05, 0.1) is 0 Å². The molecule has 0 aliphatic heterocycles. The monoisotopic (exact) mass is 164 g/mol. The maximum Gasteiger partial charge on any atom is 0.126 e. The van der Waals surface area contributed by atoms with Crippen LogP contribution >= 0.6 is 0 Å². The van der Waals surface area contributed by atoms with Crippen molar-refractivity contribution < 1.29 is 0 Å². The van der Waals surface area contributed by atoms with Gasteiger partial charge in [0.15, 0.2) is 0 Å². The van der Waals surface area contributed by atoms with Crippen LogP contribution < -0.4 is 5.32 Å². The highest BCUT2D eigenvalue weighted by molar-refractivity contribution is 5.34. The minimum Gasteiger partial charge on any atom is -0.370 e. The van der Waals surface area contributed by atoms with E-state index in [1.54, 1.807) is 0 Å². The Labute approximate surface area is 74.0 Å². The Balaban J connectivity index is 2.41. The quantitative estimate of drug-likeness (QED) is 0.692. The first-order valence-corrected chi connectivity index (χ1v) is 4.50. The summed E-state index contributed by atoms with van der Waals surface area (Å²) in [5.74, 6) is 0.989. The van der Waals surface area contributed by atoms with Gasteiger partial charge in [-0.3, -0.25) is 0 Å². The molecule has 0 unspecified atom stereocenters. The number of nitrogens with one attached hydrogen (secondary N) is 1. The molecule has 0 aromatic carbocycles. The molecular weight excluding hydrogens is 148 g/mol. The molecule has 0 saturated carbocycles. The normalized spacial score (nSPS) is 9.83. The predicted molar refractivity (Wildman–Crippen MR) is 52.4 cm³/mol. The zero-order valence-electron chi connectivity index (χ0n) is 7.80. The Morgan fingerprint density at radius 3 is 2.92 bits per heavy atom. The van der Waals surface area contributed by atoms with Crippen LogP contribution in [0.1, 0.15) is 25.5 Å². The second-order valence-electron chi connectivity index (χ2n) is 2.94. The van der Waals surface area contributed by atoms with E-state index in [2.05, 4.69) is 17.2 Å². The topological polar surface area (TPSA) is 24.9 Å². The maximum atomic E-state index is 4.33. The highest BCUT2D eigenvalue weighted by Crippen LogP contribution is 2.03. The molecule has 2 heteroatoms. The molecule has 0 saturated heterocycles. The van der Waals surface area contributed by atoms with Gasteiger partial charge in [-0.25, -0.2) is 4.98 Å². The molecule has 0 radical (unpaired) electrons. The van der Waals surface area contributed by atoms with E-state index in [4.69, 9.17) is 0 Å². The van der Waals surface area contributed by atoms with Gasteiger partial charge in [0, 0.05) is 12.2 Å². The molecule has 0 aliphatic rings. The van der Waals surface area contributed by atoms with Crippen molar-refractivity contribution in [2.45, 2.75) is 26.7 Å². The molecule has 66 valence electrons. The van der Waals surface area contributed by atoms with Gasteiger partial charge < -0.3 is 5.32 Å². The molecule has 0 amide bonds. The van der Waals surface area contributed by atoms with Gasteiger partial charge in [-0.1, -0.05) is 19.4 Å². The first-order chi connectivity index (χ1) is 5.83. The molecule has 0 aliphatic carbocycles. The van der Waals surface area contributed by atoms with Crippen LogP contribution in [0, 0.1) is 6.92 Å². The number of hydrogen-bond acceptors (Lipinski definition) is 2. The number of hydrogen-bond donors (Lipinski definition) is 1. The minimum absolute atomic E-state index is 0.989. The van der Waals surface area contributed by atoms with Gasteiger partial charge in [-0.05, 0) is 25.5 Å². The molecule has 1 aromatic rings. The zero-order valence-corrected chi connectivity index (χ0v) is 7.80. The first kappa shape index (κ1) is 9.04. The van der Waals surface area contributed by atoms with E-state index < -0.39 is 0 Å². The Bertz CT molecular complexity index is 233. The lowest BCUT2D eigenvalue weighted by Crippen LogP contribution is -2.02. The summed E-state index contributed by atoms with van der Waals surface area (Å²) in [5.41, 5.74) is 1.07. The third-order valence-corrected chi connectivity index (χ3v) is 1.72. The van der Waals surface area contributed by atoms with E-state index in [0.717, 1.165) is 18.1 Å². The summed E-state index contributed by atoms with van der Waals surface area (Å²) in [7, 11) is 0. The Morgan fingerprint density at radius 1 is 1.42 bits per heavy atom. The smallest absolute Gasteiger partial charge is 0.126 e. The average molecular weight is 164 g/mol. The van der Waals surface area contributed by atoms with Crippen molar-refractivity contribution in [1.29, 1.82) is 0 Å². The van der Waals surface area contributed by atoms with Crippen molar-refractivity contribution in [2.24, 2.45) is 0 Å². The summed E-state index contributed by atoms with van der Waals surface area (Å²) in [6.45, 7) is 5.21. The number of aryl methyl sites for hydroxylation is 1. The summed E-state index contributed by atoms with van der Waals surface area (Å²) in [6.07, 6.45) is 2.43. The Morgan fingerprint density at radius 2 is 2.25 bits per heavy atom. The fraction of sp³-hybridized carbons (Fsp3) is 0.500. The molecule has 12 heavy (non-hydrogen) atoms. The van der Waals surface area contributed by atoms with Gasteiger partial charge in [-0.15, -0.1) is 0 Å². The zero-order chi connectivity index (χ0) is 8.81. The van der Waals surface area contributed by atoms with Crippen LogP contribution in [0.25, 0.3) is 0 Å². The molecule has 0 atom stereocenters.